The third kappa shape index (κ3) is 3.02. The van der Waals surface area contributed by atoms with Crippen LogP contribution in [0.4, 0.5) is 4.79 Å². The first-order chi connectivity index (χ1) is 8.16. The molecule has 1 aliphatic heterocycles. The number of hydrogen-bond donors (Lipinski definition) is 1. The number of rotatable bonds is 2. The topological polar surface area (TPSA) is 37.3 Å². The standard InChI is InChI=1S/C13H21N3O/c1-11(2)14-13(17)16-9-5-12(6-10-16)15-7-3-4-8-15/h3-4,7-8,11-12H,5-6,9-10H2,1-2H3,(H,14,17). The molecule has 1 aliphatic rings. The summed E-state index contributed by atoms with van der Waals surface area (Å²) >= 11 is 0. The van der Waals surface area contributed by atoms with Gasteiger partial charge in [-0.3, -0.25) is 0 Å². The highest BCUT2D eigenvalue weighted by molar-refractivity contribution is 5.74. The Morgan fingerprint density at radius 2 is 1.82 bits per heavy atom. The molecular weight excluding hydrogens is 214 g/mol. The maximum absolute atomic E-state index is 11.8. The molecule has 0 aromatic carbocycles. The first-order valence-electron chi connectivity index (χ1n) is 6.34. The Hall–Kier alpha value is -1.45. The second-order valence-corrected chi connectivity index (χ2v) is 4.95. The average Bonchev–Trinajstić information content (AvgIpc) is 2.82. The van der Waals surface area contributed by atoms with Crippen molar-refractivity contribution in [3.8, 4) is 0 Å². The van der Waals surface area contributed by atoms with E-state index in [1.165, 1.54) is 0 Å². The van der Waals surface area contributed by atoms with E-state index in [0.29, 0.717) is 6.04 Å². The van der Waals surface area contributed by atoms with Crippen LogP contribution < -0.4 is 5.32 Å². The van der Waals surface area contributed by atoms with E-state index >= 15 is 0 Å². The molecule has 0 bridgehead atoms. The number of likely N-dealkylation sites (tertiary alicyclic amines) is 1. The summed E-state index contributed by atoms with van der Waals surface area (Å²) in [5.41, 5.74) is 0. The minimum absolute atomic E-state index is 0.0750. The zero-order valence-corrected chi connectivity index (χ0v) is 10.6. The van der Waals surface area contributed by atoms with Crippen molar-refractivity contribution in [2.75, 3.05) is 13.1 Å². The zero-order valence-electron chi connectivity index (χ0n) is 10.6. The van der Waals surface area contributed by atoms with Gasteiger partial charge in [0.15, 0.2) is 0 Å². The summed E-state index contributed by atoms with van der Waals surface area (Å²) in [5.74, 6) is 0. The van der Waals surface area contributed by atoms with E-state index in [-0.39, 0.29) is 12.1 Å². The number of hydrogen-bond acceptors (Lipinski definition) is 1. The first kappa shape index (κ1) is 12.0. The molecule has 0 unspecified atom stereocenters. The highest BCUT2D eigenvalue weighted by Crippen LogP contribution is 2.22. The van der Waals surface area contributed by atoms with Crippen LogP contribution in [-0.2, 0) is 0 Å². The third-order valence-electron chi connectivity index (χ3n) is 3.21. The Bertz CT molecular complexity index is 351. The molecule has 0 radical (unpaired) electrons. The van der Waals surface area contributed by atoms with Crippen molar-refractivity contribution in [1.82, 2.24) is 14.8 Å². The van der Waals surface area contributed by atoms with Crippen LogP contribution in [0.2, 0.25) is 0 Å². The Balaban J connectivity index is 1.84. The smallest absolute Gasteiger partial charge is 0.317 e. The van der Waals surface area contributed by atoms with Gasteiger partial charge in [-0.15, -0.1) is 0 Å². The van der Waals surface area contributed by atoms with Gasteiger partial charge in [-0.1, -0.05) is 0 Å². The van der Waals surface area contributed by atoms with Crippen LogP contribution in [0.25, 0.3) is 0 Å². The van der Waals surface area contributed by atoms with Crippen LogP contribution in [0, 0.1) is 0 Å². The fraction of sp³-hybridized carbons (Fsp3) is 0.615. The number of nitrogens with zero attached hydrogens (tertiary/aromatic N) is 2. The van der Waals surface area contributed by atoms with Crippen molar-refractivity contribution in [2.24, 2.45) is 0 Å². The summed E-state index contributed by atoms with van der Waals surface area (Å²) in [6, 6.07) is 4.94. The second-order valence-electron chi connectivity index (χ2n) is 4.95. The summed E-state index contributed by atoms with van der Waals surface area (Å²) < 4.78 is 2.25. The molecule has 1 fully saturated rings. The number of urea groups is 1. The molecule has 4 heteroatoms. The molecule has 2 rings (SSSR count). The number of nitrogens with one attached hydrogen (secondary N) is 1. The summed E-state index contributed by atoms with van der Waals surface area (Å²) in [4.78, 5) is 13.7. The van der Waals surface area contributed by atoms with Crippen molar-refractivity contribution in [1.29, 1.82) is 0 Å². The lowest BCUT2D eigenvalue weighted by atomic mass is 10.1. The van der Waals surface area contributed by atoms with E-state index in [9.17, 15) is 4.79 Å². The predicted molar refractivity (Wildman–Crippen MR) is 67.9 cm³/mol. The normalized spacial score (nSPS) is 17.5. The fourth-order valence-corrected chi connectivity index (χ4v) is 2.30. The summed E-state index contributed by atoms with van der Waals surface area (Å²) in [6.07, 6.45) is 6.30. The van der Waals surface area contributed by atoms with Crippen LogP contribution in [0.3, 0.4) is 0 Å². The SMILES string of the molecule is CC(C)NC(=O)N1CCC(n2cccc2)CC1. The van der Waals surface area contributed by atoms with Crippen molar-refractivity contribution in [3.63, 3.8) is 0 Å². The molecule has 2 heterocycles. The van der Waals surface area contributed by atoms with Gasteiger partial charge in [0.2, 0.25) is 0 Å². The molecule has 1 N–H and O–H groups in total. The average molecular weight is 235 g/mol. The van der Waals surface area contributed by atoms with Crippen LogP contribution in [-0.4, -0.2) is 34.6 Å². The molecule has 1 aromatic rings. The number of piperidine rings is 1. The Morgan fingerprint density at radius 3 is 2.35 bits per heavy atom. The number of amides is 2. The minimum atomic E-state index is 0.0750. The van der Waals surface area contributed by atoms with Crippen molar-refractivity contribution >= 4 is 6.03 Å². The Morgan fingerprint density at radius 1 is 1.24 bits per heavy atom. The van der Waals surface area contributed by atoms with E-state index in [1.54, 1.807) is 0 Å². The maximum Gasteiger partial charge on any atom is 0.317 e. The van der Waals surface area contributed by atoms with Crippen molar-refractivity contribution < 1.29 is 4.79 Å². The van der Waals surface area contributed by atoms with Crippen molar-refractivity contribution in [3.05, 3.63) is 24.5 Å². The molecule has 0 saturated carbocycles. The van der Waals surface area contributed by atoms with Crippen LogP contribution in [0.15, 0.2) is 24.5 Å². The summed E-state index contributed by atoms with van der Waals surface area (Å²) in [5, 5.41) is 2.94. The molecular formula is C13H21N3O. The molecule has 2 amide bonds. The summed E-state index contributed by atoms with van der Waals surface area (Å²) in [7, 11) is 0. The van der Waals surface area contributed by atoms with Gasteiger partial charge in [0.05, 0.1) is 0 Å². The number of aromatic nitrogens is 1. The highest BCUT2D eigenvalue weighted by Gasteiger charge is 2.23. The number of carbonyl (C=O) groups excluding carboxylic acids is 1. The maximum atomic E-state index is 11.8. The minimum Gasteiger partial charge on any atom is -0.351 e. The van der Waals surface area contributed by atoms with Gasteiger partial charge in [0.1, 0.15) is 0 Å². The predicted octanol–water partition coefficient (Wildman–Crippen LogP) is 2.24. The van der Waals surface area contributed by atoms with Gasteiger partial charge in [0, 0.05) is 37.6 Å². The van der Waals surface area contributed by atoms with Gasteiger partial charge in [-0.25, -0.2) is 4.79 Å². The van der Waals surface area contributed by atoms with Gasteiger partial charge in [-0.05, 0) is 38.8 Å². The van der Waals surface area contributed by atoms with Crippen LogP contribution in [0.5, 0.6) is 0 Å². The molecule has 1 saturated heterocycles. The molecule has 4 nitrogen and oxygen atoms in total. The lowest BCUT2D eigenvalue weighted by molar-refractivity contribution is 0.169. The van der Waals surface area contributed by atoms with E-state index in [4.69, 9.17) is 0 Å². The quantitative estimate of drug-likeness (QED) is 0.838. The second kappa shape index (κ2) is 5.25. The zero-order chi connectivity index (χ0) is 12.3. The lowest BCUT2D eigenvalue weighted by Gasteiger charge is -2.33. The van der Waals surface area contributed by atoms with Crippen molar-refractivity contribution in [2.45, 2.75) is 38.8 Å². The van der Waals surface area contributed by atoms with Gasteiger partial charge in [0.25, 0.3) is 0 Å². The van der Waals surface area contributed by atoms with Crippen LogP contribution in [0.1, 0.15) is 32.7 Å². The molecule has 0 spiro atoms. The first-order valence-corrected chi connectivity index (χ1v) is 6.34. The van der Waals surface area contributed by atoms with E-state index in [2.05, 4.69) is 34.4 Å². The van der Waals surface area contributed by atoms with E-state index in [1.807, 2.05) is 18.7 Å². The van der Waals surface area contributed by atoms with Gasteiger partial charge >= 0.3 is 6.03 Å². The molecule has 17 heavy (non-hydrogen) atoms. The largest absolute Gasteiger partial charge is 0.351 e. The highest BCUT2D eigenvalue weighted by atomic mass is 16.2. The van der Waals surface area contributed by atoms with Gasteiger partial charge < -0.3 is 14.8 Å². The van der Waals surface area contributed by atoms with E-state index in [0.717, 1.165) is 25.9 Å². The summed E-state index contributed by atoms with van der Waals surface area (Å²) in [6.45, 7) is 5.68. The van der Waals surface area contributed by atoms with Crippen LogP contribution >= 0.6 is 0 Å². The third-order valence-corrected chi connectivity index (χ3v) is 3.21. The molecule has 0 aliphatic carbocycles. The molecule has 0 atom stereocenters. The molecule has 94 valence electrons. The monoisotopic (exact) mass is 235 g/mol. The number of carbonyl (C=O) groups is 1. The van der Waals surface area contributed by atoms with Gasteiger partial charge in [-0.2, -0.15) is 0 Å². The van der Waals surface area contributed by atoms with E-state index < -0.39 is 0 Å². The lowest BCUT2D eigenvalue weighted by Crippen LogP contribution is -2.46. The fourth-order valence-electron chi connectivity index (χ4n) is 2.30. The Labute approximate surface area is 103 Å². The Kier molecular flexibility index (Phi) is 3.71. The molecule has 1 aromatic heterocycles.